The third-order valence-corrected chi connectivity index (χ3v) is 5.48. The molecule has 1 saturated carbocycles. The molecule has 2 heterocycles. The SMILES string of the molecule is Cc1nn(C)c(C)c1NC(=O)CN1CCC[C@@H]2CCCC[C@@H]21. The number of amides is 1. The topological polar surface area (TPSA) is 50.2 Å². The average Bonchev–Trinajstić information content (AvgIpc) is 2.74. The van der Waals surface area contributed by atoms with Crippen molar-refractivity contribution < 1.29 is 4.79 Å². The Hall–Kier alpha value is -1.36. The summed E-state index contributed by atoms with van der Waals surface area (Å²) in [7, 11) is 1.91. The Morgan fingerprint density at radius 1 is 1.23 bits per heavy atom. The van der Waals surface area contributed by atoms with Crippen LogP contribution in [0, 0.1) is 19.8 Å². The summed E-state index contributed by atoms with van der Waals surface area (Å²) < 4.78 is 1.82. The highest BCUT2D eigenvalue weighted by molar-refractivity contribution is 5.93. The molecule has 2 aliphatic rings. The number of nitrogens with one attached hydrogen (secondary N) is 1. The van der Waals surface area contributed by atoms with Gasteiger partial charge in [-0.05, 0) is 52.0 Å². The number of rotatable bonds is 3. The number of fused-ring (bicyclic) bond motifs is 1. The minimum absolute atomic E-state index is 0.102. The molecule has 1 aliphatic carbocycles. The predicted molar refractivity (Wildman–Crippen MR) is 87.9 cm³/mol. The molecule has 0 bridgehead atoms. The number of carbonyl (C=O) groups is 1. The van der Waals surface area contributed by atoms with Crippen LogP contribution in [0.5, 0.6) is 0 Å². The summed E-state index contributed by atoms with van der Waals surface area (Å²) in [6.45, 7) is 5.53. The maximum Gasteiger partial charge on any atom is 0.238 e. The molecule has 22 heavy (non-hydrogen) atoms. The van der Waals surface area contributed by atoms with Crippen LogP contribution in [-0.2, 0) is 11.8 Å². The fourth-order valence-corrected chi connectivity index (χ4v) is 4.24. The van der Waals surface area contributed by atoms with E-state index < -0.39 is 0 Å². The minimum Gasteiger partial charge on any atom is -0.322 e. The fraction of sp³-hybridized carbons (Fsp3) is 0.765. The molecule has 1 aromatic heterocycles. The van der Waals surface area contributed by atoms with Gasteiger partial charge in [0.25, 0.3) is 0 Å². The lowest BCUT2D eigenvalue weighted by atomic mass is 9.78. The van der Waals surface area contributed by atoms with Crippen molar-refractivity contribution in [2.75, 3.05) is 18.4 Å². The van der Waals surface area contributed by atoms with Crippen molar-refractivity contribution in [1.82, 2.24) is 14.7 Å². The number of likely N-dealkylation sites (tertiary alicyclic amines) is 1. The monoisotopic (exact) mass is 304 g/mol. The predicted octanol–water partition coefficient (Wildman–Crippen LogP) is 2.63. The fourth-order valence-electron chi connectivity index (χ4n) is 4.24. The second kappa shape index (κ2) is 6.41. The van der Waals surface area contributed by atoms with E-state index in [1.54, 1.807) is 0 Å². The van der Waals surface area contributed by atoms with Gasteiger partial charge in [0.15, 0.2) is 0 Å². The van der Waals surface area contributed by atoms with Crippen molar-refractivity contribution in [2.24, 2.45) is 13.0 Å². The zero-order valence-corrected chi connectivity index (χ0v) is 14.1. The molecule has 1 amide bonds. The van der Waals surface area contributed by atoms with Crippen LogP contribution in [0.25, 0.3) is 0 Å². The molecule has 0 aromatic carbocycles. The zero-order chi connectivity index (χ0) is 15.7. The van der Waals surface area contributed by atoms with E-state index >= 15 is 0 Å². The molecule has 122 valence electrons. The van der Waals surface area contributed by atoms with Crippen LogP contribution < -0.4 is 5.32 Å². The Morgan fingerprint density at radius 2 is 1.95 bits per heavy atom. The molecule has 0 radical (unpaired) electrons. The number of hydrogen-bond acceptors (Lipinski definition) is 3. The van der Waals surface area contributed by atoms with E-state index in [1.165, 1.54) is 38.5 Å². The normalized spacial score (nSPS) is 25.8. The lowest BCUT2D eigenvalue weighted by Gasteiger charge is -2.43. The lowest BCUT2D eigenvalue weighted by molar-refractivity contribution is -0.118. The maximum absolute atomic E-state index is 12.5. The smallest absolute Gasteiger partial charge is 0.238 e. The standard InChI is InChI=1S/C17H28N4O/c1-12-17(13(2)20(3)19-12)18-16(22)11-21-10-6-8-14-7-4-5-9-15(14)21/h14-15H,4-11H2,1-3H3,(H,18,22)/t14-,15-/m0/s1. The third-order valence-electron chi connectivity index (χ3n) is 5.48. The van der Waals surface area contributed by atoms with Gasteiger partial charge in [-0.1, -0.05) is 12.8 Å². The van der Waals surface area contributed by atoms with E-state index in [-0.39, 0.29) is 5.91 Å². The quantitative estimate of drug-likeness (QED) is 0.934. The van der Waals surface area contributed by atoms with Gasteiger partial charge >= 0.3 is 0 Å². The van der Waals surface area contributed by atoms with Crippen LogP contribution in [0.4, 0.5) is 5.69 Å². The Morgan fingerprint density at radius 3 is 2.68 bits per heavy atom. The van der Waals surface area contributed by atoms with Gasteiger partial charge in [-0.15, -0.1) is 0 Å². The molecule has 5 heteroatoms. The number of carbonyl (C=O) groups excluding carboxylic acids is 1. The van der Waals surface area contributed by atoms with Crippen LogP contribution in [0.1, 0.15) is 49.9 Å². The highest BCUT2D eigenvalue weighted by Gasteiger charge is 2.33. The molecular weight excluding hydrogens is 276 g/mol. The van der Waals surface area contributed by atoms with Crippen LogP contribution in [0.15, 0.2) is 0 Å². The molecule has 3 rings (SSSR count). The highest BCUT2D eigenvalue weighted by atomic mass is 16.2. The highest BCUT2D eigenvalue weighted by Crippen LogP contribution is 2.35. The van der Waals surface area contributed by atoms with Gasteiger partial charge in [-0.25, -0.2) is 0 Å². The van der Waals surface area contributed by atoms with Gasteiger partial charge in [0.05, 0.1) is 23.6 Å². The Kier molecular flexibility index (Phi) is 4.52. The van der Waals surface area contributed by atoms with Crippen molar-refractivity contribution in [2.45, 2.75) is 58.4 Å². The van der Waals surface area contributed by atoms with E-state index in [9.17, 15) is 4.79 Å². The Bertz CT molecular complexity index is 549. The number of nitrogens with zero attached hydrogens (tertiary/aromatic N) is 3. The Balaban J connectivity index is 1.63. The van der Waals surface area contributed by atoms with Gasteiger partial charge in [-0.3, -0.25) is 14.4 Å². The summed E-state index contributed by atoms with van der Waals surface area (Å²) in [5.74, 6) is 0.919. The number of hydrogen-bond donors (Lipinski definition) is 1. The molecular formula is C17H28N4O. The third kappa shape index (κ3) is 3.05. The van der Waals surface area contributed by atoms with Crippen LogP contribution in [0.3, 0.4) is 0 Å². The molecule has 1 aromatic rings. The van der Waals surface area contributed by atoms with Crippen LogP contribution in [-0.4, -0.2) is 39.7 Å². The van der Waals surface area contributed by atoms with Gasteiger partial charge in [-0.2, -0.15) is 5.10 Å². The maximum atomic E-state index is 12.5. The van der Waals surface area contributed by atoms with Crippen molar-refractivity contribution >= 4 is 11.6 Å². The molecule has 1 aliphatic heterocycles. The molecule has 0 spiro atoms. The summed E-state index contributed by atoms with van der Waals surface area (Å²) in [4.78, 5) is 14.9. The molecule has 5 nitrogen and oxygen atoms in total. The van der Waals surface area contributed by atoms with Crippen molar-refractivity contribution in [3.63, 3.8) is 0 Å². The summed E-state index contributed by atoms with van der Waals surface area (Å²) in [6.07, 6.45) is 7.89. The summed E-state index contributed by atoms with van der Waals surface area (Å²) in [5, 5.41) is 7.44. The van der Waals surface area contributed by atoms with E-state index in [0.29, 0.717) is 12.6 Å². The number of aryl methyl sites for hydroxylation is 2. The van der Waals surface area contributed by atoms with Crippen molar-refractivity contribution in [3.05, 3.63) is 11.4 Å². The zero-order valence-electron chi connectivity index (χ0n) is 14.1. The average molecular weight is 304 g/mol. The van der Waals surface area contributed by atoms with E-state index in [2.05, 4.69) is 15.3 Å². The van der Waals surface area contributed by atoms with Gasteiger partial charge in [0.1, 0.15) is 0 Å². The minimum atomic E-state index is 0.102. The second-order valence-corrected chi connectivity index (χ2v) is 6.94. The Labute approximate surface area is 133 Å². The summed E-state index contributed by atoms with van der Waals surface area (Å²) in [5.41, 5.74) is 2.78. The van der Waals surface area contributed by atoms with Crippen LogP contribution in [0.2, 0.25) is 0 Å². The first-order valence-electron chi connectivity index (χ1n) is 8.60. The van der Waals surface area contributed by atoms with E-state index in [1.807, 2.05) is 25.6 Å². The first kappa shape index (κ1) is 15.5. The van der Waals surface area contributed by atoms with Gasteiger partial charge in [0, 0.05) is 13.1 Å². The molecule has 2 atom stereocenters. The largest absolute Gasteiger partial charge is 0.322 e. The van der Waals surface area contributed by atoms with Crippen LogP contribution >= 0.6 is 0 Å². The van der Waals surface area contributed by atoms with Gasteiger partial charge in [0.2, 0.25) is 5.91 Å². The van der Waals surface area contributed by atoms with Gasteiger partial charge < -0.3 is 5.32 Å². The van der Waals surface area contributed by atoms with Crippen molar-refractivity contribution in [3.8, 4) is 0 Å². The van der Waals surface area contributed by atoms with Crippen molar-refractivity contribution in [1.29, 1.82) is 0 Å². The van der Waals surface area contributed by atoms with E-state index in [0.717, 1.165) is 29.5 Å². The second-order valence-electron chi connectivity index (χ2n) is 6.94. The summed E-state index contributed by atoms with van der Waals surface area (Å²) >= 11 is 0. The first-order chi connectivity index (χ1) is 10.6. The number of anilines is 1. The molecule has 1 N–H and O–H groups in total. The first-order valence-corrected chi connectivity index (χ1v) is 8.60. The summed E-state index contributed by atoms with van der Waals surface area (Å²) in [6, 6.07) is 0.629. The number of aromatic nitrogens is 2. The lowest BCUT2D eigenvalue weighted by Crippen LogP contribution is -2.49. The molecule has 2 fully saturated rings. The molecule has 0 unspecified atom stereocenters. The number of piperidine rings is 1. The molecule has 1 saturated heterocycles. The van der Waals surface area contributed by atoms with E-state index in [4.69, 9.17) is 0 Å².